The number of Topliss-reactive ketones (excluding diaryl/α,β-unsaturated/α-hetero) is 1. The van der Waals surface area contributed by atoms with E-state index in [1.807, 2.05) is 23.2 Å². The zero-order chi connectivity index (χ0) is 19.6. The number of benzene rings is 1. The normalized spacial score (nSPS) is 13.1. The zero-order valence-corrected chi connectivity index (χ0v) is 15.0. The predicted molar refractivity (Wildman–Crippen MR) is 98.8 cm³/mol. The van der Waals surface area contributed by atoms with Gasteiger partial charge in [0.2, 0.25) is 5.78 Å². The summed E-state index contributed by atoms with van der Waals surface area (Å²) in [5, 5.41) is 0. The molecule has 0 aliphatic heterocycles. The summed E-state index contributed by atoms with van der Waals surface area (Å²) in [4.78, 5) is 49.5. The molecule has 1 aromatic carbocycles. The smallest absolute Gasteiger partial charge is 0.329 e. The molecule has 1 aliphatic rings. The molecule has 0 spiro atoms. The van der Waals surface area contributed by atoms with Crippen molar-refractivity contribution < 1.29 is 14.3 Å². The van der Waals surface area contributed by atoms with Crippen molar-refractivity contribution in [3.63, 3.8) is 0 Å². The van der Waals surface area contributed by atoms with Crippen LogP contribution >= 0.6 is 0 Å². The number of carbonyl (C=O) groups excluding carboxylic acids is 2. The number of hydrogen-bond donors (Lipinski definition) is 2. The maximum atomic E-state index is 12.2. The summed E-state index contributed by atoms with van der Waals surface area (Å²) >= 11 is 0. The number of ketones is 1. The Hall–Kier alpha value is -3.16. The Balaban J connectivity index is 1.64. The minimum atomic E-state index is -0.897. The first-order valence-corrected chi connectivity index (χ1v) is 8.75. The number of nitrogens with zero attached hydrogens (tertiary/aromatic N) is 1. The van der Waals surface area contributed by atoms with E-state index in [9.17, 15) is 19.2 Å². The summed E-state index contributed by atoms with van der Waals surface area (Å²) < 4.78 is 5.95. The lowest BCUT2D eigenvalue weighted by Crippen LogP contribution is -2.35. The van der Waals surface area contributed by atoms with E-state index in [0.29, 0.717) is 0 Å². The highest BCUT2D eigenvalue weighted by atomic mass is 16.5. The molecule has 0 atom stereocenters. The maximum absolute atomic E-state index is 12.2. The highest BCUT2D eigenvalue weighted by Crippen LogP contribution is 2.22. The number of anilines is 1. The third-order valence-electron chi connectivity index (χ3n) is 4.77. The Morgan fingerprint density at radius 1 is 1.19 bits per heavy atom. The van der Waals surface area contributed by atoms with Crippen molar-refractivity contribution in [3.8, 4) is 0 Å². The van der Waals surface area contributed by atoms with Gasteiger partial charge in [0.05, 0.1) is 6.42 Å². The lowest BCUT2D eigenvalue weighted by molar-refractivity contribution is -0.141. The van der Waals surface area contributed by atoms with Crippen LogP contribution in [0.3, 0.4) is 0 Å². The Morgan fingerprint density at radius 3 is 2.63 bits per heavy atom. The highest BCUT2D eigenvalue weighted by Gasteiger charge is 2.20. The van der Waals surface area contributed by atoms with E-state index in [2.05, 4.69) is 0 Å². The first-order valence-electron chi connectivity index (χ1n) is 8.75. The number of aromatic nitrogens is 2. The number of nitrogens with two attached hydrogens (primary N) is 1. The molecule has 0 fully saturated rings. The maximum Gasteiger partial charge on any atom is 0.329 e. The number of nitrogens with one attached hydrogen (secondary N) is 1. The second-order valence-electron chi connectivity index (χ2n) is 6.65. The molecule has 0 radical (unpaired) electrons. The number of aryl methyl sites for hydroxylation is 2. The van der Waals surface area contributed by atoms with Crippen LogP contribution < -0.4 is 17.0 Å². The van der Waals surface area contributed by atoms with Gasteiger partial charge in [-0.05, 0) is 42.4 Å². The summed E-state index contributed by atoms with van der Waals surface area (Å²) in [6, 6.07) is 5.93. The molecule has 3 N–H and O–H groups in total. The first kappa shape index (κ1) is 18.6. The van der Waals surface area contributed by atoms with Gasteiger partial charge in [0.1, 0.15) is 11.4 Å². The SMILES string of the molecule is Cn1c(N)c(C(=O)COC(=O)Cc2ccc3c(c2)CCCC3)c(=O)[nH]c1=O. The van der Waals surface area contributed by atoms with Crippen molar-refractivity contribution in [2.45, 2.75) is 32.1 Å². The van der Waals surface area contributed by atoms with Gasteiger partial charge in [0, 0.05) is 7.05 Å². The van der Waals surface area contributed by atoms with E-state index in [0.717, 1.165) is 29.4 Å². The van der Waals surface area contributed by atoms with Crippen LogP contribution in [0.5, 0.6) is 0 Å². The van der Waals surface area contributed by atoms with Crippen LogP contribution in [0.4, 0.5) is 5.82 Å². The molecule has 0 bridgehead atoms. The van der Waals surface area contributed by atoms with E-state index in [1.54, 1.807) is 0 Å². The number of fused-ring (bicyclic) bond motifs is 1. The molecule has 8 nitrogen and oxygen atoms in total. The number of hydrogen-bond acceptors (Lipinski definition) is 6. The molecule has 0 unspecified atom stereocenters. The lowest BCUT2D eigenvalue weighted by Gasteiger charge is -2.16. The quantitative estimate of drug-likeness (QED) is 0.583. The molecule has 1 aromatic heterocycles. The molecule has 1 heterocycles. The highest BCUT2D eigenvalue weighted by molar-refractivity contribution is 6.01. The molecule has 142 valence electrons. The Kier molecular flexibility index (Phi) is 5.25. The van der Waals surface area contributed by atoms with Crippen molar-refractivity contribution in [1.82, 2.24) is 9.55 Å². The Morgan fingerprint density at radius 2 is 1.89 bits per heavy atom. The predicted octanol–water partition coefficient (Wildman–Crippen LogP) is 0.503. The molecular formula is C19H21N3O5. The summed E-state index contributed by atoms with van der Waals surface area (Å²) in [6.07, 6.45) is 4.43. The summed E-state index contributed by atoms with van der Waals surface area (Å²) in [5.74, 6) is -1.60. The molecule has 0 saturated heterocycles. The number of carbonyl (C=O) groups is 2. The minimum Gasteiger partial charge on any atom is -0.457 e. The zero-order valence-electron chi connectivity index (χ0n) is 15.0. The van der Waals surface area contributed by atoms with Crippen molar-refractivity contribution in [1.29, 1.82) is 0 Å². The number of rotatable bonds is 5. The number of esters is 1. The number of H-pyrrole nitrogens is 1. The molecular weight excluding hydrogens is 350 g/mol. The van der Waals surface area contributed by atoms with E-state index >= 15 is 0 Å². The van der Waals surface area contributed by atoms with Crippen LogP contribution in [0.15, 0.2) is 27.8 Å². The average molecular weight is 371 g/mol. The molecule has 2 aromatic rings. The third kappa shape index (κ3) is 3.99. The van der Waals surface area contributed by atoms with Gasteiger partial charge in [-0.1, -0.05) is 18.2 Å². The summed E-state index contributed by atoms with van der Waals surface area (Å²) in [6.45, 7) is -0.616. The molecule has 0 saturated carbocycles. The molecule has 27 heavy (non-hydrogen) atoms. The lowest BCUT2D eigenvalue weighted by atomic mass is 9.90. The van der Waals surface area contributed by atoms with Crippen LogP contribution in [0.25, 0.3) is 0 Å². The van der Waals surface area contributed by atoms with E-state index < -0.39 is 35.2 Å². The molecule has 0 amide bonds. The standard InChI is InChI=1S/C19H21N3O5/c1-22-17(20)16(18(25)21-19(22)26)14(23)10-27-15(24)9-11-6-7-12-4-2-3-5-13(12)8-11/h6-8H,2-5,9-10,20H2,1H3,(H,21,25,26). The molecule has 3 rings (SSSR count). The van der Waals surface area contributed by atoms with Crippen molar-refractivity contribution in [2.24, 2.45) is 7.05 Å². The van der Waals surface area contributed by atoms with Gasteiger partial charge in [-0.3, -0.25) is 23.9 Å². The second-order valence-corrected chi connectivity index (χ2v) is 6.65. The van der Waals surface area contributed by atoms with Gasteiger partial charge in [0.25, 0.3) is 5.56 Å². The van der Waals surface area contributed by atoms with Crippen LogP contribution in [-0.2, 0) is 35.8 Å². The van der Waals surface area contributed by atoms with E-state index in [1.165, 1.54) is 24.6 Å². The van der Waals surface area contributed by atoms with Crippen molar-refractivity contribution >= 4 is 17.6 Å². The van der Waals surface area contributed by atoms with Crippen LogP contribution in [0, 0.1) is 0 Å². The molecule has 1 aliphatic carbocycles. The van der Waals surface area contributed by atoms with Crippen LogP contribution in [0.1, 0.15) is 39.9 Å². The fourth-order valence-electron chi connectivity index (χ4n) is 3.24. The fraction of sp³-hybridized carbons (Fsp3) is 0.368. The van der Waals surface area contributed by atoms with Gasteiger partial charge in [-0.25, -0.2) is 4.79 Å². The molecule has 8 heteroatoms. The Labute approximate surface area is 155 Å². The third-order valence-corrected chi connectivity index (χ3v) is 4.77. The number of aromatic amines is 1. The van der Waals surface area contributed by atoms with Crippen molar-refractivity contribution in [3.05, 3.63) is 61.3 Å². The van der Waals surface area contributed by atoms with Crippen LogP contribution in [-0.4, -0.2) is 27.9 Å². The van der Waals surface area contributed by atoms with Gasteiger partial charge < -0.3 is 10.5 Å². The van der Waals surface area contributed by atoms with Gasteiger partial charge in [-0.2, -0.15) is 0 Å². The first-order chi connectivity index (χ1) is 12.9. The average Bonchev–Trinajstić information content (AvgIpc) is 2.64. The number of nitrogen functional groups attached to an aromatic ring is 1. The monoisotopic (exact) mass is 371 g/mol. The second kappa shape index (κ2) is 7.61. The van der Waals surface area contributed by atoms with E-state index in [4.69, 9.17) is 10.5 Å². The van der Waals surface area contributed by atoms with E-state index in [-0.39, 0.29) is 12.2 Å². The largest absolute Gasteiger partial charge is 0.457 e. The van der Waals surface area contributed by atoms with Gasteiger partial charge in [0.15, 0.2) is 6.61 Å². The summed E-state index contributed by atoms with van der Waals surface area (Å²) in [5.41, 5.74) is 7.05. The van der Waals surface area contributed by atoms with Gasteiger partial charge >= 0.3 is 11.7 Å². The summed E-state index contributed by atoms with van der Waals surface area (Å²) in [7, 11) is 1.33. The fourth-order valence-corrected chi connectivity index (χ4v) is 3.24. The number of ether oxygens (including phenoxy) is 1. The van der Waals surface area contributed by atoms with Gasteiger partial charge in [-0.15, -0.1) is 0 Å². The van der Waals surface area contributed by atoms with Crippen LogP contribution in [0.2, 0.25) is 0 Å². The Bertz CT molecular complexity index is 1020. The minimum absolute atomic E-state index is 0.0413. The van der Waals surface area contributed by atoms with Crippen molar-refractivity contribution in [2.75, 3.05) is 12.3 Å². The topological polar surface area (TPSA) is 124 Å².